The fourth-order valence-corrected chi connectivity index (χ4v) is 2.08. The molecule has 0 aliphatic rings. The lowest BCUT2D eigenvalue weighted by atomic mass is 10.1. The summed E-state index contributed by atoms with van der Waals surface area (Å²) in [5.74, 6) is 0. The van der Waals surface area contributed by atoms with E-state index in [9.17, 15) is 0 Å². The zero-order valence-electron chi connectivity index (χ0n) is 10.7. The highest BCUT2D eigenvalue weighted by molar-refractivity contribution is 5.94. The third-order valence-corrected chi connectivity index (χ3v) is 3.07. The molecule has 6 nitrogen and oxygen atoms in total. The smallest absolute Gasteiger partial charge is 0.188 e. The highest BCUT2D eigenvalue weighted by atomic mass is 16.6. The number of rotatable bonds is 3. The molecule has 0 amide bonds. The molecule has 0 aliphatic carbocycles. The van der Waals surface area contributed by atoms with Crippen molar-refractivity contribution < 1.29 is 4.84 Å². The van der Waals surface area contributed by atoms with Crippen LogP contribution >= 0.6 is 0 Å². The first-order chi connectivity index (χ1) is 9.33. The molecule has 0 unspecified atom stereocenters. The van der Waals surface area contributed by atoms with Crippen LogP contribution in [-0.2, 0) is 11.3 Å². The Hall–Kier alpha value is -2.50. The molecular formula is C13H13N5O. The highest BCUT2D eigenvalue weighted by Gasteiger charge is 2.09. The summed E-state index contributed by atoms with van der Waals surface area (Å²) >= 11 is 0. The number of hydrogen-bond donors (Lipinski definition) is 0. The number of nitrogens with zero attached hydrogens (tertiary/aromatic N) is 5. The fraction of sp³-hybridized carbons (Fsp3) is 0.231. The molecule has 0 spiro atoms. The summed E-state index contributed by atoms with van der Waals surface area (Å²) in [5.41, 5.74) is 3.74. The summed E-state index contributed by atoms with van der Waals surface area (Å²) in [7, 11) is 1.50. The van der Waals surface area contributed by atoms with Gasteiger partial charge in [0.25, 0.3) is 0 Å². The van der Waals surface area contributed by atoms with Crippen LogP contribution in [0.5, 0.6) is 0 Å². The van der Waals surface area contributed by atoms with Gasteiger partial charge in [0.15, 0.2) is 5.65 Å². The van der Waals surface area contributed by atoms with Gasteiger partial charge in [0.1, 0.15) is 7.11 Å². The van der Waals surface area contributed by atoms with E-state index in [-0.39, 0.29) is 0 Å². The van der Waals surface area contributed by atoms with Crippen molar-refractivity contribution in [3.05, 3.63) is 35.4 Å². The van der Waals surface area contributed by atoms with Crippen molar-refractivity contribution in [2.75, 3.05) is 7.11 Å². The summed E-state index contributed by atoms with van der Waals surface area (Å²) in [5, 5.41) is 16.7. The van der Waals surface area contributed by atoms with Crippen molar-refractivity contribution in [2.45, 2.75) is 13.3 Å². The molecular weight excluding hydrogens is 242 g/mol. The van der Waals surface area contributed by atoms with Crippen LogP contribution in [0.2, 0.25) is 0 Å². The summed E-state index contributed by atoms with van der Waals surface area (Å²) < 4.78 is 1.73. The van der Waals surface area contributed by atoms with Gasteiger partial charge in [-0.25, -0.2) is 0 Å². The summed E-state index contributed by atoms with van der Waals surface area (Å²) in [6.07, 6.45) is 2.59. The molecule has 0 radical (unpaired) electrons. The van der Waals surface area contributed by atoms with E-state index in [4.69, 9.17) is 4.84 Å². The predicted molar refractivity (Wildman–Crippen MR) is 72.3 cm³/mol. The number of hydrogen-bond acceptors (Lipinski definition) is 5. The van der Waals surface area contributed by atoms with Crippen molar-refractivity contribution >= 4 is 22.8 Å². The van der Waals surface area contributed by atoms with Crippen molar-refractivity contribution in [1.82, 2.24) is 20.0 Å². The maximum Gasteiger partial charge on any atom is 0.188 e. The summed E-state index contributed by atoms with van der Waals surface area (Å²) in [6.45, 7) is 2.12. The quantitative estimate of drug-likeness (QED) is 0.529. The fourth-order valence-electron chi connectivity index (χ4n) is 2.08. The van der Waals surface area contributed by atoms with Crippen molar-refractivity contribution in [2.24, 2.45) is 5.16 Å². The number of aromatic nitrogens is 4. The number of benzene rings is 1. The van der Waals surface area contributed by atoms with E-state index in [0.717, 1.165) is 22.9 Å². The minimum absolute atomic E-state index is 0.668. The summed E-state index contributed by atoms with van der Waals surface area (Å²) in [6, 6.07) is 8.29. The maximum absolute atomic E-state index is 4.71. The first-order valence-electron chi connectivity index (χ1n) is 6.03. The maximum atomic E-state index is 4.71. The Bertz CT molecular complexity index is 762. The molecule has 2 aromatic heterocycles. The lowest BCUT2D eigenvalue weighted by Gasteiger charge is -2.04. The molecule has 6 heteroatoms. The van der Waals surface area contributed by atoms with Gasteiger partial charge in [0, 0.05) is 10.9 Å². The van der Waals surface area contributed by atoms with Gasteiger partial charge in [0.2, 0.25) is 0 Å². The Morgan fingerprint density at radius 2 is 2.26 bits per heavy atom. The zero-order chi connectivity index (χ0) is 13.2. The molecule has 0 saturated heterocycles. The molecule has 0 fully saturated rings. The molecule has 0 bridgehead atoms. The normalized spacial score (nSPS) is 11.7. The molecule has 96 valence electrons. The standard InChI is InChI=1S/C13H13N5O/c1-3-9-4-5-10-7-11(8-14-19-2)13-15-16-17-18(13)12(10)6-9/h4-8H,3H2,1-2H3/b14-8+. The van der Waals surface area contributed by atoms with Gasteiger partial charge in [-0.3, -0.25) is 0 Å². The monoisotopic (exact) mass is 255 g/mol. The minimum Gasteiger partial charge on any atom is -0.399 e. The van der Waals surface area contributed by atoms with Crippen molar-refractivity contribution in [3.63, 3.8) is 0 Å². The third kappa shape index (κ3) is 1.91. The van der Waals surface area contributed by atoms with Gasteiger partial charge < -0.3 is 4.84 Å². The van der Waals surface area contributed by atoms with E-state index in [1.54, 1.807) is 10.7 Å². The minimum atomic E-state index is 0.668. The average Bonchev–Trinajstić information content (AvgIpc) is 2.94. The van der Waals surface area contributed by atoms with Gasteiger partial charge >= 0.3 is 0 Å². The van der Waals surface area contributed by atoms with Crippen LogP contribution in [-0.4, -0.2) is 33.4 Å². The molecule has 3 aromatic rings. The lowest BCUT2D eigenvalue weighted by molar-refractivity contribution is 0.215. The largest absolute Gasteiger partial charge is 0.399 e. The molecule has 19 heavy (non-hydrogen) atoms. The van der Waals surface area contributed by atoms with E-state index in [1.165, 1.54) is 12.7 Å². The Morgan fingerprint density at radius 3 is 3.05 bits per heavy atom. The van der Waals surface area contributed by atoms with Crippen LogP contribution in [0.3, 0.4) is 0 Å². The second kappa shape index (κ2) is 4.64. The lowest BCUT2D eigenvalue weighted by Crippen LogP contribution is -1.97. The van der Waals surface area contributed by atoms with Crippen LogP contribution in [0.4, 0.5) is 0 Å². The van der Waals surface area contributed by atoms with Crippen molar-refractivity contribution in [3.8, 4) is 0 Å². The van der Waals surface area contributed by atoms with Crippen molar-refractivity contribution in [1.29, 1.82) is 0 Å². The third-order valence-electron chi connectivity index (χ3n) is 3.07. The van der Waals surface area contributed by atoms with E-state index in [2.05, 4.69) is 45.8 Å². The zero-order valence-corrected chi connectivity index (χ0v) is 10.7. The number of oxime groups is 1. The highest BCUT2D eigenvalue weighted by Crippen LogP contribution is 2.19. The second-order valence-electron chi connectivity index (χ2n) is 4.18. The molecule has 0 atom stereocenters. The van der Waals surface area contributed by atoms with Crippen LogP contribution in [0.1, 0.15) is 18.1 Å². The number of fused-ring (bicyclic) bond motifs is 3. The first kappa shape index (κ1) is 11.6. The predicted octanol–water partition coefficient (Wildman–Crippen LogP) is 1.82. The van der Waals surface area contributed by atoms with Gasteiger partial charge in [-0.15, -0.1) is 5.10 Å². The molecule has 0 saturated carbocycles. The van der Waals surface area contributed by atoms with Gasteiger partial charge in [-0.2, -0.15) is 4.52 Å². The number of pyridine rings is 1. The number of tetrazole rings is 1. The van der Waals surface area contributed by atoms with Gasteiger partial charge in [-0.1, -0.05) is 24.2 Å². The average molecular weight is 255 g/mol. The number of aryl methyl sites for hydroxylation is 1. The molecule has 2 heterocycles. The van der Waals surface area contributed by atoms with Crippen LogP contribution in [0, 0.1) is 0 Å². The van der Waals surface area contributed by atoms with Gasteiger partial charge in [0.05, 0.1) is 11.7 Å². The molecule has 0 N–H and O–H groups in total. The van der Waals surface area contributed by atoms with E-state index in [1.807, 2.05) is 6.07 Å². The first-order valence-corrected chi connectivity index (χ1v) is 6.03. The Labute approximate surface area is 109 Å². The van der Waals surface area contributed by atoms with E-state index in [0.29, 0.717) is 5.65 Å². The van der Waals surface area contributed by atoms with E-state index >= 15 is 0 Å². The Balaban J connectivity index is 2.34. The Kier molecular flexibility index (Phi) is 2.83. The van der Waals surface area contributed by atoms with Crippen LogP contribution in [0.15, 0.2) is 29.4 Å². The van der Waals surface area contributed by atoms with Gasteiger partial charge in [-0.05, 0) is 34.5 Å². The van der Waals surface area contributed by atoms with E-state index < -0.39 is 0 Å². The Morgan fingerprint density at radius 1 is 1.37 bits per heavy atom. The van der Waals surface area contributed by atoms with Crippen LogP contribution in [0.25, 0.3) is 16.6 Å². The molecule has 3 rings (SSSR count). The molecule has 0 aliphatic heterocycles. The summed E-state index contributed by atoms with van der Waals surface area (Å²) in [4.78, 5) is 4.71. The SMILES string of the molecule is CCc1ccc2cc(/C=N/OC)c3nnnn3c2c1. The molecule has 1 aromatic carbocycles. The topological polar surface area (TPSA) is 64.7 Å². The second-order valence-corrected chi connectivity index (χ2v) is 4.18. The van der Waals surface area contributed by atoms with Crippen LogP contribution < -0.4 is 0 Å².